The van der Waals surface area contributed by atoms with Crippen LogP contribution in [0, 0.1) is 12.8 Å². The predicted octanol–water partition coefficient (Wildman–Crippen LogP) is 5.28. The fraction of sp³-hybridized carbons (Fsp3) is 0.304. The number of aromatic nitrogens is 3. The number of hydrogen-bond donors (Lipinski definition) is 0. The molecule has 1 saturated heterocycles. The Morgan fingerprint density at radius 1 is 1.17 bits per heavy atom. The zero-order valence-corrected chi connectivity index (χ0v) is 20.6. The van der Waals surface area contributed by atoms with Crippen LogP contribution in [-0.4, -0.2) is 42.0 Å². The van der Waals surface area contributed by atoms with Gasteiger partial charge in [-0.1, -0.05) is 23.2 Å². The zero-order chi connectivity index (χ0) is 25.5. The maximum atomic E-state index is 13.4. The molecular weight excluding hydrogens is 526 g/mol. The fourth-order valence-electron chi connectivity index (χ4n) is 3.89. The van der Waals surface area contributed by atoms with E-state index in [9.17, 15) is 27.0 Å². The molecule has 2 aromatic heterocycles. The number of carbonyl (C=O) groups is 2. The Morgan fingerprint density at radius 2 is 1.89 bits per heavy atom. The second kappa shape index (κ2) is 9.83. The molecule has 35 heavy (non-hydrogen) atoms. The Hall–Kier alpha value is -2.56. The first-order valence-corrected chi connectivity index (χ1v) is 12.7. The lowest BCUT2D eigenvalue weighted by Crippen LogP contribution is -2.33. The van der Waals surface area contributed by atoms with Crippen LogP contribution < -0.4 is 0 Å². The van der Waals surface area contributed by atoms with Gasteiger partial charge in [0, 0.05) is 58.0 Å². The molecular formula is C23H18Cl2F3N3O3S. The molecule has 0 bridgehead atoms. The highest BCUT2D eigenvalue weighted by atomic mass is 35.5. The molecule has 0 amide bonds. The summed E-state index contributed by atoms with van der Waals surface area (Å²) in [5, 5.41) is 3.85. The molecule has 0 unspecified atom stereocenters. The summed E-state index contributed by atoms with van der Waals surface area (Å²) in [7, 11) is -0.922. The summed E-state index contributed by atoms with van der Waals surface area (Å²) in [6, 6.07) is 6.58. The van der Waals surface area contributed by atoms with Gasteiger partial charge in [-0.05, 0) is 48.2 Å². The van der Waals surface area contributed by atoms with Crippen LogP contribution in [0.25, 0.3) is 5.82 Å². The van der Waals surface area contributed by atoms with Crippen molar-refractivity contribution < 1.29 is 27.0 Å². The lowest BCUT2D eigenvalue weighted by molar-refractivity contribution is -0.141. The monoisotopic (exact) mass is 543 g/mol. The summed E-state index contributed by atoms with van der Waals surface area (Å²) < 4.78 is 52.4. The van der Waals surface area contributed by atoms with Crippen molar-refractivity contribution in [3.63, 3.8) is 0 Å². The van der Waals surface area contributed by atoms with Crippen molar-refractivity contribution in [1.29, 1.82) is 0 Å². The minimum Gasteiger partial charge on any atom is -0.294 e. The summed E-state index contributed by atoms with van der Waals surface area (Å²) in [4.78, 5) is 30.3. The van der Waals surface area contributed by atoms with Crippen LogP contribution in [0.15, 0.2) is 36.5 Å². The van der Waals surface area contributed by atoms with E-state index in [0.717, 1.165) is 4.68 Å². The minimum atomic E-state index is -4.80. The SMILES string of the molecule is Cc1cc(Cl)cc(C(=O)CC2CS(=O)C2)c1CC(=O)c1cc(C(F)(F)F)nn1-c1ncccc1Cl. The van der Waals surface area contributed by atoms with Crippen molar-refractivity contribution in [3.05, 3.63) is 74.7 Å². The number of aryl methyl sites for hydroxylation is 1. The van der Waals surface area contributed by atoms with E-state index in [2.05, 4.69) is 10.1 Å². The molecule has 6 nitrogen and oxygen atoms in total. The topological polar surface area (TPSA) is 81.9 Å². The molecule has 0 aliphatic carbocycles. The van der Waals surface area contributed by atoms with Gasteiger partial charge in [0.2, 0.25) is 0 Å². The first-order chi connectivity index (χ1) is 16.4. The van der Waals surface area contributed by atoms with E-state index in [1.165, 1.54) is 24.4 Å². The molecule has 1 aliphatic rings. The highest BCUT2D eigenvalue weighted by Crippen LogP contribution is 2.32. The predicted molar refractivity (Wildman–Crippen MR) is 126 cm³/mol. The minimum absolute atomic E-state index is 0.00907. The third kappa shape index (κ3) is 5.49. The summed E-state index contributed by atoms with van der Waals surface area (Å²) in [6.07, 6.45) is -3.71. The highest BCUT2D eigenvalue weighted by molar-refractivity contribution is 7.86. The van der Waals surface area contributed by atoms with Gasteiger partial charge >= 0.3 is 6.18 Å². The summed E-state index contributed by atoms with van der Waals surface area (Å²) in [5.74, 6) is -0.257. The summed E-state index contributed by atoms with van der Waals surface area (Å²) >= 11 is 12.3. The van der Waals surface area contributed by atoms with E-state index >= 15 is 0 Å². The lowest BCUT2D eigenvalue weighted by Gasteiger charge is -2.24. The molecule has 4 rings (SSSR count). The molecule has 1 fully saturated rings. The van der Waals surface area contributed by atoms with Gasteiger partial charge in [-0.15, -0.1) is 0 Å². The van der Waals surface area contributed by atoms with Gasteiger partial charge in [-0.3, -0.25) is 13.8 Å². The molecule has 3 heterocycles. The number of rotatable bonds is 7. The van der Waals surface area contributed by atoms with E-state index in [1.54, 1.807) is 13.0 Å². The Kier molecular flexibility index (Phi) is 7.17. The van der Waals surface area contributed by atoms with Gasteiger partial charge < -0.3 is 0 Å². The summed E-state index contributed by atoms with van der Waals surface area (Å²) in [5.41, 5.74) is -0.522. The number of Topliss-reactive ketones (excluding diaryl/α,β-unsaturated/α-hetero) is 2. The standard InChI is InChI=1S/C23H18Cl2F3N3O3S/c1-12-5-14(24)7-16(19(32)6-13-10-35(34)11-13)15(12)8-20(33)18-9-21(23(26,27)28)30-31(18)22-17(25)3-2-4-29-22/h2-5,7,9,13H,6,8,10-11H2,1H3. The van der Waals surface area contributed by atoms with Crippen LogP contribution >= 0.6 is 23.2 Å². The van der Waals surface area contributed by atoms with Crippen LogP contribution in [-0.2, 0) is 23.4 Å². The molecule has 0 saturated carbocycles. The van der Waals surface area contributed by atoms with Crippen LogP contribution in [0.1, 0.15) is 44.1 Å². The van der Waals surface area contributed by atoms with E-state index in [4.69, 9.17) is 23.2 Å². The zero-order valence-electron chi connectivity index (χ0n) is 18.2. The van der Waals surface area contributed by atoms with Crippen molar-refractivity contribution in [3.8, 4) is 5.82 Å². The molecule has 0 N–H and O–H groups in total. The van der Waals surface area contributed by atoms with E-state index in [-0.39, 0.29) is 46.6 Å². The number of nitrogens with zero attached hydrogens (tertiary/aromatic N) is 3. The second-order valence-electron chi connectivity index (χ2n) is 8.25. The van der Waals surface area contributed by atoms with Crippen LogP contribution in [0.5, 0.6) is 0 Å². The number of ketones is 2. The van der Waals surface area contributed by atoms with Crippen LogP contribution in [0.4, 0.5) is 13.2 Å². The first kappa shape index (κ1) is 25.5. The molecule has 0 atom stereocenters. The number of carbonyl (C=O) groups excluding carboxylic acids is 2. The van der Waals surface area contributed by atoms with Gasteiger partial charge in [0.1, 0.15) is 5.69 Å². The number of alkyl halides is 3. The molecule has 0 spiro atoms. The summed E-state index contributed by atoms with van der Waals surface area (Å²) in [6.45, 7) is 1.66. The van der Waals surface area contributed by atoms with Gasteiger partial charge in [0.05, 0.1) is 5.02 Å². The average molecular weight is 544 g/mol. The molecule has 1 aliphatic heterocycles. The maximum Gasteiger partial charge on any atom is 0.435 e. The molecule has 184 valence electrons. The second-order valence-corrected chi connectivity index (χ2v) is 10.6. The largest absolute Gasteiger partial charge is 0.435 e. The quantitative estimate of drug-likeness (QED) is 0.379. The Labute approximate surface area is 210 Å². The average Bonchev–Trinajstić information content (AvgIpc) is 3.20. The van der Waals surface area contributed by atoms with Crippen molar-refractivity contribution >= 4 is 45.6 Å². The molecule has 1 aromatic carbocycles. The van der Waals surface area contributed by atoms with E-state index in [0.29, 0.717) is 33.7 Å². The van der Waals surface area contributed by atoms with E-state index < -0.39 is 28.5 Å². The van der Waals surface area contributed by atoms with Crippen molar-refractivity contribution in [2.45, 2.75) is 25.9 Å². The first-order valence-electron chi connectivity index (χ1n) is 10.4. The van der Waals surface area contributed by atoms with Crippen molar-refractivity contribution in [1.82, 2.24) is 14.8 Å². The van der Waals surface area contributed by atoms with Gasteiger partial charge in [0.25, 0.3) is 0 Å². The Balaban J connectivity index is 1.72. The van der Waals surface area contributed by atoms with Crippen LogP contribution in [0.3, 0.4) is 0 Å². The van der Waals surface area contributed by atoms with Gasteiger partial charge in [-0.2, -0.15) is 18.3 Å². The van der Waals surface area contributed by atoms with Crippen LogP contribution in [0.2, 0.25) is 10.0 Å². The number of halogens is 5. The number of pyridine rings is 1. The normalized spacial score (nSPS) is 17.8. The highest BCUT2D eigenvalue weighted by Gasteiger charge is 2.37. The third-order valence-electron chi connectivity index (χ3n) is 5.62. The smallest absolute Gasteiger partial charge is 0.294 e. The Morgan fingerprint density at radius 3 is 2.51 bits per heavy atom. The van der Waals surface area contributed by atoms with Gasteiger partial charge in [0.15, 0.2) is 23.1 Å². The maximum absolute atomic E-state index is 13.4. The molecule has 12 heteroatoms. The van der Waals surface area contributed by atoms with E-state index in [1.807, 2.05) is 0 Å². The lowest BCUT2D eigenvalue weighted by atomic mass is 9.91. The van der Waals surface area contributed by atoms with Gasteiger partial charge in [-0.25, -0.2) is 9.67 Å². The van der Waals surface area contributed by atoms with Crippen molar-refractivity contribution in [2.24, 2.45) is 5.92 Å². The molecule has 3 aromatic rings. The number of benzene rings is 1. The third-order valence-corrected chi connectivity index (χ3v) is 7.82. The molecule has 0 radical (unpaired) electrons. The van der Waals surface area contributed by atoms with Crippen molar-refractivity contribution in [2.75, 3.05) is 11.5 Å². The fourth-order valence-corrected chi connectivity index (χ4v) is 5.55. The number of hydrogen-bond acceptors (Lipinski definition) is 5. The Bertz CT molecular complexity index is 1350.